The van der Waals surface area contributed by atoms with E-state index in [1.807, 2.05) is 0 Å². The molecule has 9 N–H and O–H groups in total. The maximum atomic E-state index is 11.5. The van der Waals surface area contributed by atoms with E-state index >= 15 is 0 Å². The van der Waals surface area contributed by atoms with E-state index in [1.165, 1.54) is 0 Å². The first kappa shape index (κ1) is 41.1. The molecule has 0 amide bonds. The summed E-state index contributed by atoms with van der Waals surface area (Å²) < 4.78 is 36.3. The molecule has 0 spiro atoms. The Morgan fingerprint density at radius 2 is 1.65 bits per heavy atom. The van der Waals surface area contributed by atoms with Crippen molar-refractivity contribution in [2.75, 3.05) is 26.9 Å². The Morgan fingerprint density at radius 1 is 0.926 bits per heavy atom. The van der Waals surface area contributed by atoms with Gasteiger partial charge in [-0.1, -0.05) is 44.6 Å². The molecule has 21 unspecified atom stereocenters. The summed E-state index contributed by atoms with van der Waals surface area (Å²) in [5.74, 6) is 0.0425. The third-order valence-corrected chi connectivity index (χ3v) is 15.1. The van der Waals surface area contributed by atoms with Crippen LogP contribution in [0.15, 0.2) is 23.8 Å². The Hall–Kier alpha value is -1.12. The number of hydrogen-bond donors (Lipinski definition) is 9. The van der Waals surface area contributed by atoms with Gasteiger partial charge in [-0.15, -0.1) is 0 Å². The molecule has 15 nitrogen and oxygen atoms in total. The number of fused-ring (bicyclic) bond motifs is 7. The summed E-state index contributed by atoms with van der Waals surface area (Å²) in [7, 11) is 1.67. The lowest BCUT2D eigenvalue weighted by molar-refractivity contribution is -0.313. The molecule has 3 aliphatic heterocycles. The van der Waals surface area contributed by atoms with Gasteiger partial charge in [0, 0.05) is 24.9 Å². The van der Waals surface area contributed by atoms with Crippen LogP contribution in [0.5, 0.6) is 0 Å². The zero-order valence-electron chi connectivity index (χ0n) is 31.7. The topological polar surface area (TPSA) is 237 Å². The largest absolute Gasteiger partial charge is 0.394 e. The summed E-state index contributed by atoms with van der Waals surface area (Å²) in [4.78, 5) is 0. The van der Waals surface area contributed by atoms with Gasteiger partial charge in [0.25, 0.3) is 0 Å². The Bertz CT molecular complexity index is 1400. The summed E-state index contributed by atoms with van der Waals surface area (Å²) in [6.07, 6.45) is -8.61. The normalized spacial score (nSPS) is 54.3. The van der Waals surface area contributed by atoms with Crippen molar-refractivity contribution in [3.05, 3.63) is 23.8 Å². The monoisotopic (exact) mass is 770 g/mol. The van der Waals surface area contributed by atoms with Crippen molar-refractivity contribution in [1.29, 1.82) is 0 Å². The van der Waals surface area contributed by atoms with Gasteiger partial charge in [-0.3, -0.25) is 0 Å². The van der Waals surface area contributed by atoms with Crippen LogP contribution in [0.3, 0.4) is 0 Å². The van der Waals surface area contributed by atoms with E-state index in [0.717, 1.165) is 31.3 Å². The summed E-state index contributed by atoms with van der Waals surface area (Å²) in [6.45, 7) is 10.1. The molecule has 3 saturated heterocycles. The van der Waals surface area contributed by atoms with Gasteiger partial charge in [0.05, 0.1) is 38.1 Å². The molecule has 4 aliphatic carbocycles. The van der Waals surface area contributed by atoms with Crippen LogP contribution in [0.1, 0.15) is 65.7 Å². The quantitative estimate of drug-likeness (QED) is 0.127. The Morgan fingerprint density at radius 3 is 2.35 bits per heavy atom. The first-order chi connectivity index (χ1) is 25.5. The van der Waals surface area contributed by atoms with E-state index in [-0.39, 0.29) is 48.4 Å². The minimum absolute atomic E-state index is 0.0195. The highest BCUT2D eigenvalue weighted by atomic mass is 16.7. The molecule has 3 heterocycles. The van der Waals surface area contributed by atoms with Crippen molar-refractivity contribution < 1.29 is 74.4 Å². The van der Waals surface area contributed by atoms with Crippen LogP contribution in [0.4, 0.5) is 0 Å². The molecule has 3 saturated carbocycles. The molecule has 15 heteroatoms. The Balaban J connectivity index is 1.03. The molecule has 7 rings (SSSR count). The second-order valence-corrected chi connectivity index (χ2v) is 17.7. The first-order valence-electron chi connectivity index (χ1n) is 19.7. The van der Waals surface area contributed by atoms with Crippen molar-refractivity contribution in [2.24, 2.45) is 40.4 Å². The van der Waals surface area contributed by atoms with Crippen molar-refractivity contribution >= 4 is 0 Å². The highest BCUT2D eigenvalue weighted by molar-refractivity contribution is 5.30. The summed E-state index contributed by atoms with van der Waals surface area (Å²) in [5, 5.41) is 93.6. The number of ether oxygens (including phenoxy) is 6. The fourth-order valence-electron chi connectivity index (χ4n) is 12.1. The van der Waals surface area contributed by atoms with Crippen molar-refractivity contribution in [3.63, 3.8) is 0 Å². The zero-order valence-corrected chi connectivity index (χ0v) is 31.7. The molecule has 308 valence electrons. The predicted octanol–water partition coefficient (Wildman–Crippen LogP) is -0.528. The van der Waals surface area contributed by atoms with Gasteiger partial charge in [0.1, 0.15) is 48.8 Å². The smallest absolute Gasteiger partial charge is 0.187 e. The van der Waals surface area contributed by atoms with Crippen LogP contribution in [0.25, 0.3) is 0 Å². The maximum Gasteiger partial charge on any atom is 0.187 e. The summed E-state index contributed by atoms with van der Waals surface area (Å²) >= 11 is 0. The van der Waals surface area contributed by atoms with Crippen LogP contribution in [-0.4, -0.2) is 158 Å². The molecule has 54 heavy (non-hydrogen) atoms. The lowest BCUT2D eigenvalue weighted by Crippen LogP contribution is -2.64. The van der Waals surface area contributed by atoms with Gasteiger partial charge in [-0.25, -0.2) is 0 Å². The fraction of sp³-hybridized carbons (Fsp3) is 0.897. The second-order valence-electron chi connectivity index (χ2n) is 17.7. The van der Waals surface area contributed by atoms with E-state index in [4.69, 9.17) is 28.4 Å². The summed E-state index contributed by atoms with van der Waals surface area (Å²) in [5.41, 5.74) is 0.985. The average molecular weight is 771 g/mol. The fourth-order valence-corrected chi connectivity index (χ4v) is 12.1. The highest BCUT2D eigenvalue weighted by Gasteiger charge is 2.69. The minimum atomic E-state index is -1.53. The minimum Gasteiger partial charge on any atom is -0.394 e. The van der Waals surface area contributed by atoms with E-state index in [0.29, 0.717) is 30.8 Å². The zero-order chi connectivity index (χ0) is 39.1. The molecule has 0 aromatic heterocycles. The van der Waals surface area contributed by atoms with Gasteiger partial charge in [-0.05, 0) is 67.6 Å². The predicted molar refractivity (Wildman–Crippen MR) is 188 cm³/mol. The van der Waals surface area contributed by atoms with Crippen LogP contribution < -0.4 is 0 Å². The molecule has 0 aromatic carbocycles. The number of aliphatic hydroxyl groups excluding tert-OH is 9. The van der Waals surface area contributed by atoms with Gasteiger partial charge >= 0.3 is 0 Å². The van der Waals surface area contributed by atoms with Crippen LogP contribution in [0, 0.1) is 40.4 Å². The standard InChI is InChI=1S/C39H62O15/c1-17(15-50-35-33(48)31(46)30(45)26(14-40)52-35)8-11-39(49-5)18(2)27-25(54-39)13-22-20-7-6-19-12-23(41)29(44)34(38(19,4)21(20)9-10-37(22,27)3)53-36-32(47)28(43)24(42)16-51-36/h6,18,20-36,40-48H,1,7-16H2,2-5H3. The number of aliphatic hydroxyl groups is 9. The van der Waals surface area contributed by atoms with E-state index < -0.39 is 91.4 Å². The molecule has 0 aromatic rings. The lowest BCUT2D eigenvalue weighted by Gasteiger charge is -2.61. The number of rotatable bonds is 10. The highest BCUT2D eigenvalue weighted by Crippen LogP contribution is 2.70. The molecular weight excluding hydrogens is 708 g/mol. The van der Waals surface area contributed by atoms with Crippen LogP contribution >= 0.6 is 0 Å². The van der Waals surface area contributed by atoms with Gasteiger partial charge < -0.3 is 74.4 Å². The summed E-state index contributed by atoms with van der Waals surface area (Å²) in [6, 6.07) is 0. The van der Waals surface area contributed by atoms with Crippen LogP contribution in [0.2, 0.25) is 0 Å². The number of methoxy groups -OCH3 is 1. The second kappa shape index (κ2) is 15.2. The van der Waals surface area contributed by atoms with E-state index in [9.17, 15) is 46.0 Å². The lowest BCUT2D eigenvalue weighted by atomic mass is 9.46. The molecule has 6 fully saturated rings. The van der Waals surface area contributed by atoms with Gasteiger partial charge in [0.15, 0.2) is 18.4 Å². The SMILES string of the molecule is C=C(CCC1(OC)OC2CC3C4CC=C5CC(O)C(O)C(OC6OCC(O)C(O)C6O)C5(C)C4CCC3(C)C2C1C)COC1OC(CO)C(O)C(O)C1O. The van der Waals surface area contributed by atoms with E-state index in [1.54, 1.807) is 7.11 Å². The van der Waals surface area contributed by atoms with Crippen molar-refractivity contribution in [2.45, 2.75) is 151 Å². The molecule has 7 aliphatic rings. The van der Waals surface area contributed by atoms with Crippen molar-refractivity contribution in [3.8, 4) is 0 Å². The average Bonchev–Trinajstić information content (AvgIpc) is 3.61. The molecule has 0 radical (unpaired) electrons. The third kappa shape index (κ3) is 6.47. The third-order valence-electron chi connectivity index (χ3n) is 15.1. The van der Waals surface area contributed by atoms with Crippen LogP contribution in [-0.2, 0) is 28.4 Å². The maximum absolute atomic E-state index is 11.5. The molecular formula is C39H62O15. The Kier molecular flexibility index (Phi) is 11.6. The number of hydrogen-bond acceptors (Lipinski definition) is 15. The molecule has 21 atom stereocenters. The Labute approximate surface area is 316 Å². The van der Waals surface area contributed by atoms with E-state index in [2.05, 4.69) is 33.4 Å². The van der Waals surface area contributed by atoms with Gasteiger partial charge in [0.2, 0.25) is 0 Å². The number of allylic oxidation sites excluding steroid dienone is 1. The van der Waals surface area contributed by atoms with Crippen molar-refractivity contribution in [1.82, 2.24) is 0 Å². The molecule has 0 bridgehead atoms. The van der Waals surface area contributed by atoms with Gasteiger partial charge in [-0.2, -0.15) is 0 Å². The first-order valence-corrected chi connectivity index (χ1v) is 19.7.